The average Bonchev–Trinajstić information content (AvgIpc) is 2.47. The molecular weight excluding hydrogens is 276 g/mol. The lowest BCUT2D eigenvalue weighted by molar-refractivity contribution is 0.642. The molecule has 0 spiro atoms. The van der Waals surface area contributed by atoms with E-state index in [1.807, 2.05) is 0 Å². The minimum absolute atomic E-state index is 0.497. The molecule has 0 aliphatic heterocycles. The van der Waals surface area contributed by atoms with Crippen LogP contribution in [0.2, 0.25) is 0 Å². The van der Waals surface area contributed by atoms with Crippen LogP contribution in [0, 0.1) is 40.5 Å². The van der Waals surface area contributed by atoms with Crippen molar-refractivity contribution >= 4 is 5.57 Å². The van der Waals surface area contributed by atoms with Crippen LogP contribution in [0.3, 0.4) is 0 Å². The van der Waals surface area contributed by atoms with Crippen LogP contribution in [0.1, 0.15) is 52.3 Å². The molecule has 0 N–H and O–H groups in total. The Kier molecular flexibility index (Phi) is 5.46. The van der Waals surface area contributed by atoms with Crippen LogP contribution < -0.4 is 0 Å². The molecular formula is C23H30. The fraction of sp³-hybridized carbons (Fsp3) is 0.391. The van der Waals surface area contributed by atoms with E-state index >= 15 is 0 Å². The molecule has 1 unspecified atom stereocenters. The summed E-state index contributed by atoms with van der Waals surface area (Å²) in [6.07, 6.45) is 2.20. The Hall–Kier alpha value is -1.82. The first kappa shape index (κ1) is 17.5. The highest BCUT2D eigenvalue weighted by Crippen LogP contribution is 2.32. The van der Waals surface area contributed by atoms with Gasteiger partial charge in [-0.15, -0.1) is 0 Å². The summed E-state index contributed by atoms with van der Waals surface area (Å²) in [5.74, 6) is 0.497. The molecule has 0 saturated heterocycles. The molecule has 0 heterocycles. The van der Waals surface area contributed by atoms with Crippen molar-refractivity contribution in [3.63, 3.8) is 0 Å². The quantitative estimate of drug-likeness (QED) is 0.590. The zero-order valence-electron chi connectivity index (χ0n) is 15.6. The van der Waals surface area contributed by atoms with Gasteiger partial charge in [-0.3, -0.25) is 0 Å². The number of benzene rings is 2. The third-order valence-corrected chi connectivity index (χ3v) is 5.04. The molecule has 0 saturated carbocycles. The maximum absolute atomic E-state index is 4.48. The average molecular weight is 306 g/mol. The Morgan fingerprint density at radius 2 is 1.48 bits per heavy atom. The molecule has 0 fully saturated rings. The molecule has 0 heteroatoms. The van der Waals surface area contributed by atoms with E-state index in [1.54, 1.807) is 0 Å². The summed E-state index contributed by atoms with van der Waals surface area (Å²) >= 11 is 0. The van der Waals surface area contributed by atoms with Crippen molar-refractivity contribution in [2.75, 3.05) is 0 Å². The van der Waals surface area contributed by atoms with Crippen LogP contribution in [0.25, 0.3) is 5.57 Å². The van der Waals surface area contributed by atoms with E-state index in [-0.39, 0.29) is 0 Å². The van der Waals surface area contributed by atoms with Crippen molar-refractivity contribution in [3.05, 3.63) is 75.9 Å². The van der Waals surface area contributed by atoms with Gasteiger partial charge in [0.15, 0.2) is 0 Å². The SMILES string of the molecule is C=C(c1c(C)cc(C)cc1C)C(CC)Cc1ccc(C)c(C)c1. The first-order valence-corrected chi connectivity index (χ1v) is 8.66. The zero-order valence-corrected chi connectivity index (χ0v) is 15.6. The Balaban J connectivity index is 2.30. The first-order chi connectivity index (χ1) is 10.8. The Bertz CT molecular complexity index is 696. The van der Waals surface area contributed by atoms with Crippen molar-refractivity contribution in [1.82, 2.24) is 0 Å². The van der Waals surface area contributed by atoms with E-state index in [2.05, 4.69) is 78.5 Å². The van der Waals surface area contributed by atoms with Gasteiger partial charge in [0.25, 0.3) is 0 Å². The molecule has 1 atom stereocenters. The molecule has 0 aliphatic rings. The molecule has 0 aromatic heterocycles. The standard InChI is InChI=1S/C23H30/c1-8-22(14-21-10-9-16(3)17(4)13-21)20(7)23-18(5)11-15(2)12-19(23)6/h9-13,22H,7-8,14H2,1-6H3. The van der Waals surface area contributed by atoms with Crippen molar-refractivity contribution in [1.29, 1.82) is 0 Å². The monoisotopic (exact) mass is 306 g/mol. The lowest BCUT2D eigenvalue weighted by atomic mass is 9.82. The van der Waals surface area contributed by atoms with Gasteiger partial charge in [0.2, 0.25) is 0 Å². The topological polar surface area (TPSA) is 0 Å². The van der Waals surface area contributed by atoms with Crippen molar-refractivity contribution in [2.45, 2.75) is 54.4 Å². The molecule has 2 rings (SSSR count). The number of hydrogen-bond donors (Lipinski definition) is 0. The van der Waals surface area contributed by atoms with E-state index in [9.17, 15) is 0 Å². The maximum Gasteiger partial charge on any atom is -0.0124 e. The summed E-state index contributed by atoms with van der Waals surface area (Å²) in [5.41, 5.74) is 10.9. The van der Waals surface area contributed by atoms with Crippen LogP contribution in [-0.2, 0) is 6.42 Å². The van der Waals surface area contributed by atoms with Gasteiger partial charge in [-0.2, -0.15) is 0 Å². The van der Waals surface area contributed by atoms with Crippen LogP contribution in [0.5, 0.6) is 0 Å². The molecule has 0 bridgehead atoms. The summed E-state index contributed by atoms with van der Waals surface area (Å²) in [6.45, 7) is 17.7. The van der Waals surface area contributed by atoms with Gasteiger partial charge in [-0.05, 0) is 92.3 Å². The first-order valence-electron chi connectivity index (χ1n) is 8.66. The Morgan fingerprint density at radius 1 is 0.870 bits per heavy atom. The van der Waals surface area contributed by atoms with Gasteiger partial charge in [-0.25, -0.2) is 0 Å². The molecule has 0 aliphatic carbocycles. The number of allylic oxidation sites excluding steroid dienone is 1. The zero-order chi connectivity index (χ0) is 17.1. The third kappa shape index (κ3) is 3.93. The smallest absolute Gasteiger partial charge is 0.0124 e. The molecule has 23 heavy (non-hydrogen) atoms. The van der Waals surface area contributed by atoms with E-state index < -0.39 is 0 Å². The Labute approximate surface area is 142 Å². The minimum atomic E-state index is 0.497. The molecule has 0 nitrogen and oxygen atoms in total. The van der Waals surface area contributed by atoms with Crippen LogP contribution in [0.15, 0.2) is 36.9 Å². The third-order valence-electron chi connectivity index (χ3n) is 5.04. The molecule has 2 aromatic carbocycles. The summed E-state index contributed by atoms with van der Waals surface area (Å²) in [7, 11) is 0. The van der Waals surface area contributed by atoms with Crippen LogP contribution in [-0.4, -0.2) is 0 Å². The predicted octanol–water partition coefficient (Wildman–Crippen LogP) is 6.51. The van der Waals surface area contributed by atoms with E-state index in [4.69, 9.17) is 0 Å². The lowest BCUT2D eigenvalue weighted by Crippen LogP contribution is -2.08. The largest absolute Gasteiger partial charge is 0.0949 e. The highest BCUT2D eigenvalue weighted by molar-refractivity contribution is 5.71. The number of aryl methyl sites for hydroxylation is 5. The fourth-order valence-electron chi connectivity index (χ4n) is 3.62. The van der Waals surface area contributed by atoms with E-state index in [0.717, 1.165) is 12.8 Å². The summed E-state index contributed by atoms with van der Waals surface area (Å²) in [5, 5.41) is 0. The fourth-order valence-corrected chi connectivity index (χ4v) is 3.62. The molecule has 0 amide bonds. The second-order valence-corrected chi connectivity index (χ2v) is 7.03. The summed E-state index contributed by atoms with van der Waals surface area (Å²) in [4.78, 5) is 0. The van der Waals surface area contributed by atoms with Gasteiger partial charge < -0.3 is 0 Å². The van der Waals surface area contributed by atoms with Crippen molar-refractivity contribution in [2.24, 2.45) is 5.92 Å². The highest BCUT2D eigenvalue weighted by atomic mass is 14.2. The van der Waals surface area contributed by atoms with Gasteiger partial charge >= 0.3 is 0 Å². The maximum atomic E-state index is 4.48. The van der Waals surface area contributed by atoms with E-state index in [0.29, 0.717) is 5.92 Å². The van der Waals surface area contributed by atoms with Gasteiger partial charge in [-0.1, -0.05) is 49.4 Å². The normalized spacial score (nSPS) is 12.3. The van der Waals surface area contributed by atoms with Gasteiger partial charge in [0.05, 0.1) is 0 Å². The van der Waals surface area contributed by atoms with E-state index in [1.165, 1.54) is 44.5 Å². The Morgan fingerprint density at radius 3 is 2.00 bits per heavy atom. The second-order valence-electron chi connectivity index (χ2n) is 7.03. The summed E-state index contributed by atoms with van der Waals surface area (Å²) in [6, 6.07) is 11.4. The second kappa shape index (κ2) is 7.17. The van der Waals surface area contributed by atoms with Gasteiger partial charge in [0.1, 0.15) is 0 Å². The molecule has 2 aromatic rings. The van der Waals surface area contributed by atoms with Gasteiger partial charge in [0, 0.05) is 0 Å². The highest BCUT2D eigenvalue weighted by Gasteiger charge is 2.17. The number of hydrogen-bond acceptors (Lipinski definition) is 0. The number of rotatable bonds is 5. The lowest BCUT2D eigenvalue weighted by Gasteiger charge is -2.22. The van der Waals surface area contributed by atoms with Crippen molar-refractivity contribution < 1.29 is 0 Å². The minimum Gasteiger partial charge on any atom is -0.0949 e. The van der Waals surface area contributed by atoms with Crippen LogP contribution in [0.4, 0.5) is 0 Å². The van der Waals surface area contributed by atoms with Crippen molar-refractivity contribution in [3.8, 4) is 0 Å². The molecule has 122 valence electrons. The molecule has 0 radical (unpaired) electrons. The summed E-state index contributed by atoms with van der Waals surface area (Å²) < 4.78 is 0. The predicted molar refractivity (Wildman–Crippen MR) is 103 cm³/mol. The van der Waals surface area contributed by atoms with Crippen LogP contribution >= 0.6 is 0 Å².